The Morgan fingerprint density at radius 2 is 1.86 bits per heavy atom. The van der Waals surface area contributed by atoms with Crippen molar-refractivity contribution in [2.45, 2.75) is 20.3 Å². The number of allylic oxidation sites excluding steroid dienone is 1. The van der Waals surface area contributed by atoms with Crippen molar-refractivity contribution in [3.8, 4) is 0 Å². The van der Waals surface area contributed by atoms with Crippen molar-refractivity contribution in [1.29, 1.82) is 0 Å². The van der Waals surface area contributed by atoms with Crippen LogP contribution in [0.2, 0.25) is 0 Å². The number of amides is 4. The fourth-order valence-electron chi connectivity index (χ4n) is 2.26. The van der Waals surface area contributed by atoms with Crippen molar-refractivity contribution < 1.29 is 9.59 Å². The number of carbonyl (C=O) groups is 2. The van der Waals surface area contributed by atoms with Crippen molar-refractivity contribution in [2.24, 2.45) is 5.92 Å². The minimum Gasteiger partial charge on any atom is -0.337 e. The van der Waals surface area contributed by atoms with Crippen LogP contribution >= 0.6 is 0 Å². The van der Waals surface area contributed by atoms with Crippen molar-refractivity contribution >= 4 is 12.1 Å². The van der Waals surface area contributed by atoms with Crippen LogP contribution < -0.4 is 10.6 Å². The van der Waals surface area contributed by atoms with Gasteiger partial charge in [0.15, 0.2) is 0 Å². The highest BCUT2D eigenvalue weighted by molar-refractivity contribution is 5.74. The summed E-state index contributed by atoms with van der Waals surface area (Å²) in [5.74, 6) is 0.272. The van der Waals surface area contributed by atoms with Gasteiger partial charge in [-0.05, 0) is 31.8 Å². The van der Waals surface area contributed by atoms with Gasteiger partial charge < -0.3 is 20.4 Å². The Kier molecular flexibility index (Phi) is 7.49. The first-order chi connectivity index (χ1) is 10.5. The van der Waals surface area contributed by atoms with Gasteiger partial charge in [0.05, 0.1) is 0 Å². The van der Waals surface area contributed by atoms with Gasteiger partial charge in [-0.3, -0.25) is 0 Å². The lowest BCUT2D eigenvalue weighted by Gasteiger charge is -2.21. The fourth-order valence-corrected chi connectivity index (χ4v) is 2.26. The monoisotopic (exact) mass is 308 g/mol. The molecule has 1 unspecified atom stereocenters. The molecular weight excluding hydrogens is 280 g/mol. The van der Waals surface area contributed by atoms with E-state index in [0.29, 0.717) is 26.2 Å². The van der Waals surface area contributed by atoms with E-state index < -0.39 is 0 Å². The third kappa shape index (κ3) is 5.79. The lowest BCUT2D eigenvalue weighted by atomic mass is 9.96. The van der Waals surface area contributed by atoms with Crippen LogP contribution in [0, 0.1) is 5.92 Å². The van der Waals surface area contributed by atoms with Gasteiger partial charge in [0.1, 0.15) is 0 Å². The number of hydrogen-bond donors (Lipinski definition) is 2. The average molecular weight is 308 g/mol. The maximum Gasteiger partial charge on any atom is 0.317 e. The van der Waals surface area contributed by atoms with Crippen LogP contribution in [0.4, 0.5) is 9.59 Å². The first kappa shape index (κ1) is 18.1. The van der Waals surface area contributed by atoms with E-state index in [0.717, 1.165) is 12.0 Å². The molecule has 6 heteroatoms. The molecule has 1 rings (SSSR count). The number of nitrogens with one attached hydrogen (secondary N) is 2. The van der Waals surface area contributed by atoms with E-state index in [1.165, 1.54) is 4.90 Å². The predicted molar refractivity (Wildman–Crippen MR) is 88.7 cm³/mol. The van der Waals surface area contributed by atoms with E-state index in [2.05, 4.69) is 22.8 Å². The third-order valence-corrected chi connectivity index (χ3v) is 3.64. The molecule has 1 aliphatic carbocycles. The lowest BCUT2D eigenvalue weighted by Crippen LogP contribution is -2.40. The predicted octanol–water partition coefficient (Wildman–Crippen LogP) is 1.81. The first-order valence-electron chi connectivity index (χ1n) is 7.83. The van der Waals surface area contributed by atoms with Gasteiger partial charge in [0, 0.05) is 40.3 Å². The number of rotatable bonds is 6. The Morgan fingerprint density at radius 3 is 2.45 bits per heavy atom. The minimum atomic E-state index is -0.0839. The van der Waals surface area contributed by atoms with E-state index >= 15 is 0 Å². The minimum absolute atomic E-state index is 0.0395. The summed E-state index contributed by atoms with van der Waals surface area (Å²) in [5, 5.41) is 5.82. The van der Waals surface area contributed by atoms with Crippen LogP contribution in [0.3, 0.4) is 0 Å². The van der Waals surface area contributed by atoms with E-state index in [4.69, 9.17) is 0 Å². The number of urea groups is 2. The van der Waals surface area contributed by atoms with Gasteiger partial charge in [-0.1, -0.05) is 18.2 Å². The number of nitrogens with zero attached hydrogens (tertiary/aromatic N) is 2. The first-order valence-corrected chi connectivity index (χ1v) is 7.83. The SMILES string of the molecule is CCN(CC)C(=O)NCC1=CC(CNC(=O)N(C)C)CC=C1. The quantitative estimate of drug-likeness (QED) is 0.786. The van der Waals surface area contributed by atoms with Crippen molar-refractivity contribution in [3.05, 3.63) is 23.8 Å². The van der Waals surface area contributed by atoms with Crippen molar-refractivity contribution in [3.63, 3.8) is 0 Å². The second-order valence-electron chi connectivity index (χ2n) is 5.55. The highest BCUT2D eigenvalue weighted by Gasteiger charge is 2.13. The molecule has 2 N–H and O–H groups in total. The summed E-state index contributed by atoms with van der Waals surface area (Å²) in [6.45, 7) is 6.46. The molecule has 1 atom stereocenters. The van der Waals surface area contributed by atoms with Gasteiger partial charge >= 0.3 is 12.1 Å². The Hall–Kier alpha value is -1.98. The molecule has 22 heavy (non-hydrogen) atoms. The lowest BCUT2D eigenvalue weighted by molar-refractivity contribution is 0.204. The van der Waals surface area contributed by atoms with Crippen LogP contribution in [-0.2, 0) is 0 Å². The van der Waals surface area contributed by atoms with E-state index in [-0.39, 0.29) is 18.0 Å². The van der Waals surface area contributed by atoms with Gasteiger partial charge in [0.25, 0.3) is 0 Å². The number of carbonyl (C=O) groups excluding carboxylic acids is 2. The zero-order valence-corrected chi connectivity index (χ0v) is 14.1. The highest BCUT2D eigenvalue weighted by Crippen LogP contribution is 2.15. The van der Waals surface area contributed by atoms with Crippen molar-refractivity contribution in [2.75, 3.05) is 40.3 Å². The summed E-state index contributed by atoms with van der Waals surface area (Å²) < 4.78 is 0. The normalized spacial score (nSPS) is 16.7. The Balaban J connectivity index is 2.44. The van der Waals surface area contributed by atoms with Gasteiger partial charge in [0.2, 0.25) is 0 Å². The second-order valence-corrected chi connectivity index (χ2v) is 5.55. The molecule has 0 aromatic rings. The van der Waals surface area contributed by atoms with Crippen LogP contribution in [0.25, 0.3) is 0 Å². The fraction of sp³-hybridized carbons (Fsp3) is 0.625. The summed E-state index contributed by atoms with van der Waals surface area (Å²) in [4.78, 5) is 26.7. The van der Waals surface area contributed by atoms with E-state index in [1.54, 1.807) is 19.0 Å². The molecule has 0 heterocycles. The molecule has 0 fully saturated rings. The summed E-state index contributed by atoms with van der Waals surface area (Å²) in [7, 11) is 3.44. The highest BCUT2D eigenvalue weighted by atomic mass is 16.2. The topological polar surface area (TPSA) is 64.7 Å². The van der Waals surface area contributed by atoms with Gasteiger partial charge in [-0.2, -0.15) is 0 Å². The van der Waals surface area contributed by atoms with E-state index in [1.807, 2.05) is 19.9 Å². The Bertz CT molecular complexity index is 439. The molecule has 0 saturated heterocycles. The molecule has 0 aliphatic heterocycles. The molecule has 6 nitrogen and oxygen atoms in total. The molecule has 0 saturated carbocycles. The molecule has 1 aliphatic rings. The molecule has 124 valence electrons. The Morgan fingerprint density at radius 1 is 1.18 bits per heavy atom. The standard InChI is InChI=1S/C16H28N4O2/c1-5-20(6-2)16(22)18-12-14-9-7-8-13(10-14)11-17-15(21)19(3)4/h7,9-10,13H,5-6,8,11-12H2,1-4H3,(H,17,21)(H,18,22). The molecular formula is C16H28N4O2. The van der Waals surface area contributed by atoms with Crippen LogP contribution in [0.5, 0.6) is 0 Å². The summed E-state index contributed by atoms with van der Waals surface area (Å²) in [6, 6.07) is -0.123. The molecule has 0 bridgehead atoms. The molecule has 0 radical (unpaired) electrons. The smallest absolute Gasteiger partial charge is 0.317 e. The van der Waals surface area contributed by atoms with Gasteiger partial charge in [-0.15, -0.1) is 0 Å². The molecule has 0 spiro atoms. The second kappa shape index (κ2) is 9.12. The van der Waals surface area contributed by atoms with E-state index in [9.17, 15) is 9.59 Å². The average Bonchev–Trinajstić information content (AvgIpc) is 2.52. The maximum absolute atomic E-state index is 11.9. The maximum atomic E-state index is 11.9. The molecule has 0 aromatic heterocycles. The third-order valence-electron chi connectivity index (χ3n) is 3.64. The zero-order chi connectivity index (χ0) is 16.5. The van der Waals surface area contributed by atoms with Crippen LogP contribution in [0.15, 0.2) is 23.8 Å². The molecule has 4 amide bonds. The van der Waals surface area contributed by atoms with Crippen molar-refractivity contribution in [1.82, 2.24) is 20.4 Å². The van der Waals surface area contributed by atoms with Crippen LogP contribution in [0.1, 0.15) is 20.3 Å². The van der Waals surface area contributed by atoms with Gasteiger partial charge in [-0.25, -0.2) is 9.59 Å². The van der Waals surface area contributed by atoms with Crippen LogP contribution in [-0.4, -0.2) is 62.1 Å². The number of hydrogen-bond acceptors (Lipinski definition) is 2. The summed E-state index contributed by atoms with van der Waals surface area (Å²) in [6.07, 6.45) is 7.15. The Labute approximate surface area is 133 Å². The largest absolute Gasteiger partial charge is 0.337 e. The molecule has 0 aromatic carbocycles. The zero-order valence-electron chi connectivity index (χ0n) is 14.1. The summed E-state index contributed by atoms with van der Waals surface area (Å²) in [5.41, 5.74) is 1.08. The summed E-state index contributed by atoms with van der Waals surface area (Å²) >= 11 is 0.